The number of nitrogens with one attached hydrogen (secondary N) is 2. The molecule has 41 heavy (non-hydrogen) atoms. The van der Waals surface area contributed by atoms with E-state index < -0.39 is 23.5 Å². The van der Waals surface area contributed by atoms with Crippen LogP contribution in [0.2, 0.25) is 0 Å². The quantitative estimate of drug-likeness (QED) is 0.530. The molecule has 4 amide bonds. The van der Waals surface area contributed by atoms with Gasteiger partial charge in [-0.15, -0.1) is 0 Å². The smallest absolute Gasteiger partial charge is 0.410 e. The first kappa shape index (κ1) is 27.0. The Morgan fingerprint density at radius 2 is 1.83 bits per heavy atom. The van der Waals surface area contributed by atoms with E-state index in [0.717, 1.165) is 36.1 Å². The van der Waals surface area contributed by atoms with Crippen molar-refractivity contribution >= 4 is 29.5 Å². The Labute approximate surface area is 238 Å². The molecule has 2 aromatic rings. The van der Waals surface area contributed by atoms with Crippen molar-refractivity contribution in [3.63, 3.8) is 0 Å². The van der Waals surface area contributed by atoms with Gasteiger partial charge in [-0.1, -0.05) is 12.6 Å². The molecule has 3 saturated heterocycles. The topological polar surface area (TPSA) is 126 Å². The molecule has 4 aliphatic rings. The van der Waals surface area contributed by atoms with Gasteiger partial charge in [0.25, 0.3) is 11.8 Å². The summed E-state index contributed by atoms with van der Waals surface area (Å²) in [5.41, 5.74) is 2.12. The summed E-state index contributed by atoms with van der Waals surface area (Å²) in [6.07, 6.45) is 8.03. The number of amides is 4. The molecule has 3 unspecified atom stereocenters. The van der Waals surface area contributed by atoms with Crippen molar-refractivity contribution in [3.05, 3.63) is 59.6 Å². The highest BCUT2D eigenvalue weighted by Crippen LogP contribution is 2.41. The Bertz CT molecular complexity index is 1430. The van der Waals surface area contributed by atoms with Crippen LogP contribution in [0.5, 0.6) is 0 Å². The maximum atomic E-state index is 13.4. The monoisotopic (exact) mass is 560 g/mol. The lowest BCUT2D eigenvalue weighted by molar-refractivity contribution is -0.125. The number of allylic oxidation sites excluding steroid dienone is 1. The van der Waals surface area contributed by atoms with E-state index >= 15 is 0 Å². The van der Waals surface area contributed by atoms with Gasteiger partial charge in [0.15, 0.2) is 0 Å². The van der Waals surface area contributed by atoms with Gasteiger partial charge < -0.3 is 20.3 Å². The minimum Gasteiger partial charge on any atom is -0.444 e. The van der Waals surface area contributed by atoms with Crippen molar-refractivity contribution in [2.24, 2.45) is 0 Å². The molecule has 0 aliphatic carbocycles. The van der Waals surface area contributed by atoms with E-state index in [9.17, 15) is 19.2 Å². The number of imide groups is 1. The lowest BCUT2D eigenvalue weighted by Crippen LogP contribution is -2.51. The number of anilines is 1. The Hall–Kier alpha value is -4.15. The number of benzene rings is 1. The molecular weight excluding hydrogens is 524 g/mol. The fourth-order valence-corrected chi connectivity index (χ4v) is 6.58. The summed E-state index contributed by atoms with van der Waals surface area (Å²) in [5.74, 6) is -1.31. The molecule has 216 valence electrons. The third-order valence-corrected chi connectivity index (χ3v) is 8.40. The first-order valence-electron chi connectivity index (χ1n) is 14.3. The van der Waals surface area contributed by atoms with Crippen molar-refractivity contribution in [3.8, 4) is 0 Å². The second-order valence-electron chi connectivity index (χ2n) is 12.4. The highest BCUT2D eigenvalue weighted by molar-refractivity contribution is 6.25. The third-order valence-electron chi connectivity index (χ3n) is 8.40. The first-order valence-corrected chi connectivity index (χ1v) is 14.3. The Morgan fingerprint density at radius 1 is 1.10 bits per heavy atom. The first-order chi connectivity index (χ1) is 19.5. The highest BCUT2D eigenvalue weighted by atomic mass is 16.6. The minimum absolute atomic E-state index is 0.141. The molecule has 3 atom stereocenters. The van der Waals surface area contributed by atoms with E-state index in [1.807, 2.05) is 36.5 Å². The molecule has 1 aromatic carbocycles. The standard InChI is InChI=1S/C30H36N6O5/c1-17-8-11-24(26(37)33-17)36-27(38)22-6-5-7-23(25(22)28(36)39)31-14-18-15-32-34(16-18)21-12-19-9-10-20(13-21)35(19)29(40)41-30(2,3)4/h5-7,15-16,19-21,24,31H,1,8-14H2,2-4H3,(H,33,37). The van der Waals surface area contributed by atoms with Crippen molar-refractivity contribution in [1.29, 1.82) is 0 Å². The zero-order chi connectivity index (χ0) is 29.1. The number of piperidine rings is 2. The van der Waals surface area contributed by atoms with Crippen LogP contribution < -0.4 is 10.6 Å². The number of fused-ring (bicyclic) bond motifs is 3. The fourth-order valence-electron chi connectivity index (χ4n) is 6.58. The van der Waals surface area contributed by atoms with Gasteiger partial charge in [0.1, 0.15) is 11.6 Å². The number of rotatable bonds is 5. The van der Waals surface area contributed by atoms with Gasteiger partial charge in [0.2, 0.25) is 5.91 Å². The van der Waals surface area contributed by atoms with Gasteiger partial charge in [-0.3, -0.25) is 24.0 Å². The van der Waals surface area contributed by atoms with Crippen LogP contribution in [0, 0.1) is 0 Å². The fraction of sp³-hybridized carbons (Fsp3) is 0.500. The Kier molecular flexibility index (Phi) is 6.62. The molecule has 11 nitrogen and oxygen atoms in total. The largest absolute Gasteiger partial charge is 0.444 e. The zero-order valence-electron chi connectivity index (χ0n) is 23.7. The zero-order valence-corrected chi connectivity index (χ0v) is 23.7. The van der Waals surface area contributed by atoms with Gasteiger partial charge in [0, 0.05) is 41.8 Å². The summed E-state index contributed by atoms with van der Waals surface area (Å²) in [6.45, 7) is 9.85. The minimum atomic E-state index is -0.851. The SMILES string of the molecule is C=C1CCC(N2C(=O)c3cccc(NCc4cnn(C5CC6CCC(C5)N6C(=O)OC(C)(C)C)c4)c3C2=O)C(=O)N1. The van der Waals surface area contributed by atoms with Crippen LogP contribution in [-0.4, -0.2) is 67.1 Å². The lowest BCUT2D eigenvalue weighted by atomic mass is 9.98. The van der Waals surface area contributed by atoms with E-state index in [0.29, 0.717) is 36.3 Å². The number of ether oxygens (including phenoxy) is 1. The molecule has 0 spiro atoms. The molecular formula is C30H36N6O5. The van der Waals surface area contributed by atoms with Gasteiger partial charge in [-0.25, -0.2) is 4.79 Å². The number of carbonyl (C=O) groups is 4. The average molecular weight is 561 g/mol. The van der Waals surface area contributed by atoms with E-state index in [2.05, 4.69) is 22.3 Å². The van der Waals surface area contributed by atoms with Crippen molar-refractivity contribution < 1.29 is 23.9 Å². The molecule has 2 bridgehead atoms. The molecule has 5 heterocycles. The van der Waals surface area contributed by atoms with Crippen LogP contribution in [0.4, 0.5) is 10.5 Å². The molecule has 3 fully saturated rings. The average Bonchev–Trinajstić information content (AvgIpc) is 3.56. The number of aromatic nitrogens is 2. The summed E-state index contributed by atoms with van der Waals surface area (Å²) >= 11 is 0. The lowest BCUT2D eigenvalue weighted by Gasteiger charge is -2.39. The highest BCUT2D eigenvalue weighted by Gasteiger charge is 2.46. The normalized spacial score (nSPS) is 25.8. The summed E-state index contributed by atoms with van der Waals surface area (Å²) < 4.78 is 7.64. The van der Waals surface area contributed by atoms with Crippen molar-refractivity contribution in [2.75, 3.05) is 5.32 Å². The molecule has 11 heteroatoms. The molecule has 0 saturated carbocycles. The van der Waals surface area contributed by atoms with Crippen molar-refractivity contribution in [1.82, 2.24) is 24.9 Å². The molecule has 2 N–H and O–H groups in total. The van der Waals surface area contributed by atoms with Gasteiger partial charge in [-0.2, -0.15) is 5.10 Å². The second kappa shape index (κ2) is 10.0. The van der Waals surface area contributed by atoms with E-state index in [4.69, 9.17) is 4.74 Å². The summed E-state index contributed by atoms with van der Waals surface area (Å²) in [6, 6.07) is 4.74. The Morgan fingerprint density at radius 3 is 2.51 bits per heavy atom. The van der Waals surface area contributed by atoms with Gasteiger partial charge >= 0.3 is 6.09 Å². The number of hydrogen-bond acceptors (Lipinski definition) is 7. The van der Waals surface area contributed by atoms with E-state index in [1.165, 1.54) is 0 Å². The Balaban J connectivity index is 1.12. The van der Waals surface area contributed by atoms with Gasteiger partial charge in [0.05, 0.1) is 23.4 Å². The van der Waals surface area contributed by atoms with E-state index in [-0.39, 0.29) is 35.7 Å². The van der Waals surface area contributed by atoms with Crippen LogP contribution in [0.15, 0.2) is 42.9 Å². The molecule has 4 aliphatic heterocycles. The third kappa shape index (κ3) is 4.98. The van der Waals surface area contributed by atoms with Crippen molar-refractivity contribution in [2.45, 2.75) is 95.6 Å². The molecule has 0 radical (unpaired) electrons. The van der Waals surface area contributed by atoms with Crippen LogP contribution >= 0.6 is 0 Å². The van der Waals surface area contributed by atoms with Crippen LogP contribution in [-0.2, 0) is 16.1 Å². The van der Waals surface area contributed by atoms with Gasteiger partial charge in [-0.05, 0) is 71.4 Å². The number of nitrogens with zero attached hydrogens (tertiary/aromatic N) is 4. The summed E-state index contributed by atoms with van der Waals surface area (Å²) in [7, 11) is 0. The molecule has 6 rings (SSSR count). The number of carbonyl (C=O) groups excluding carboxylic acids is 4. The van der Waals surface area contributed by atoms with Crippen LogP contribution in [0.3, 0.4) is 0 Å². The summed E-state index contributed by atoms with van der Waals surface area (Å²) in [5, 5.41) is 10.6. The van der Waals surface area contributed by atoms with Crippen LogP contribution in [0.25, 0.3) is 0 Å². The number of hydrogen-bond donors (Lipinski definition) is 2. The van der Waals surface area contributed by atoms with Crippen LogP contribution in [0.1, 0.15) is 91.6 Å². The van der Waals surface area contributed by atoms with E-state index in [1.54, 1.807) is 24.4 Å². The summed E-state index contributed by atoms with van der Waals surface area (Å²) in [4.78, 5) is 54.9. The second-order valence-corrected chi connectivity index (χ2v) is 12.4. The maximum Gasteiger partial charge on any atom is 0.410 e. The predicted molar refractivity (Wildman–Crippen MR) is 150 cm³/mol. The molecule has 1 aromatic heterocycles. The predicted octanol–water partition coefficient (Wildman–Crippen LogP) is 3.99. The maximum absolute atomic E-state index is 13.4.